The number of anilines is 1. The Labute approximate surface area is 166 Å². The van der Waals surface area contributed by atoms with Gasteiger partial charge in [0, 0.05) is 13.1 Å². The number of hydrogen-bond acceptors (Lipinski definition) is 5. The van der Waals surface area contributed by atoms with E-state index in [2.05, 4.69) is 16.3 Å². The zero-order valence-electron chi connectivity index (χ0n) is 15.4. The third kappa shape index (κ3) is 3.86. The maximum Gasteiger partial charge on any atom is 0.232 e. The third-order valence-electron chi connectivity index (χ3n) is 4.57. The van der Waals surface area contributed by atoms with E-state index in [1.54, 1.807) is 4.57 Å². The van der Waals surface area contributed by atoms with Gasteiger partial charge in [-0.3, -0.25) is 4.57 Å². The van der Waals surface area contributed by atoms with Crippen LogP contribution >= 0.6 is 0 Å². The van der Waals surface area contributed by atoms with Crippen LogP contribution in [0, 0.1) is 23.0 Å². The molecule has 6 nitrogen and oxygen atoms in total. The molecule has 1 fully saturated rings. The largest absolute Gasteiger partial charge is 0.378 e. The molecule has 0 radical (unpaired) electrons. The van der Waals surface area contributed by atoms with Crippen LogP contribution in [0.3, 0.4) is 0 Å². The van der Waals surface area contributed by atoms with E-state index in [1.165, 1.54) is 12.1 Å². The Balaban J connectivity index is 1.83. The van der Waals surface area contributed by atoms with Crippen molar-refractivity contribution < 1.29 is 13.5 Å². The highest BCUT2D eigenvalue weighted by molar-refractivity contribution is 5.88. The molecule has 0 bridgehead atoms. The molecular weight excluding hydrogens is 376 g/mol. The van der Waals surface area contributed by atoms with Crippen LogP contribution in [0.1, 0.15) is 11.4 Å². The van der Waals surface area contributed by atoms with Gasteiger partial charge in [-0.25, -0.2) is 8.78 Å². The highest BCUT2D eigenvalue weighted by Gasteiger charge is 2.23. The fourth-order valence-corrected chi connectivity index (χ4v) is 3.15. The van der Waals surface area contributed by atoms with Gasteiger partial charge in [0.05, 0.1) is 24.5 Å². The molecule has 1 aliphatic rings. The number of benzene rings is 2. The minimum Gasteiger partial charge on any atom is -0.378 e. The summed E-state index contributed by atoms with van der Waals surface area (Å²) < 4.78 is 34.0. The van der Waals surface area contributed by atoms with Crippen molar-refractivity contribution in [3.8, 4) is 11.8 Å². The first-order valence-corrected chi connectivity index (χ1v) is 9.08. The molecule has 0 atom stereocenters. The highest BCUT2D eigenvalue weighted by Crippen LogP contribution is 2.26. The normalized spacial score (nSPS) is 14.7. The van der Waals surface area contributed by atoms with Crippen molar-refractivity contribution in [2.75, 3.05) is 31.2 Å². The third-order valence-corrected chi connectivity index (χ3v) is 4.57. The molecule has 4 rings (SSSR count). The Morgan fingerprint density at radius 3 is 2.48 bits per heavy atom. The van der Waals surface area contributed by atoms with E-state index in [9.17, 15) is 14.0 Å². The summed E-state index contributed by atoms with van der Waals surface area (Å²) in [6.45, 7) is 2.46. The predicted octanol–water partition coefficient (Wildman–Crippen LogP) is 3.45. The average molecular weight is 393 g/mol. The summed E-state index contributed by atoms with van der Waals surface area (Å²) in [5, 5.41) is 18.3. The number of allylic oxidation sites excluding steroid dienone is 1. The lowest BCUT2D eigenvalue weighted by molar-refractivity contribution is 0.122. The van der Waals surface area contributed by atoms with E-state index in [0.717, 1.165) is 17.8 Å². The van der Waals surface area contributed by atoms with Crippen LogP contribution in [-0.2, 0) is 4.74 Å². The first kappa shape index (κ1) is 18.8. The second kappa shape index (κ2) is 8.20. The summed E-state index contributed by atoms with van der Waals surface area (Å²) in [5.41, 5.74) is 1.34. The maximum absolute atomic E-state index is 13.6. The summed E-state index contributed by atoms with van der Waals surface area (Å²) >= 11 is 0. The summed E-state index contributed by atoms with van der Waals surface area (Å²) in [6.07, 6.45) is 1.47. The van der Waals surface area contributed by atoms with Crippen molar-refractivity contribution in [3.63, 3.8) is 0 Å². The van der Waals surface area contributed by atoms with Gasteiger partial charge in [-0.15, -0.1) is 10.2 Å². The Morgan fingerprint density at radius 2 is 1.79 bits per heavy atom. The molecule has 0 saturated carbocycles. The molecule has 0 N–H and O–H groups in total. The number of para-hydroxylation sites is 1. The lowest BCUT2D eigenvalue weighted by Crippen LogP contribution is -2.38. The monoisotopic (exact) mass is 393 g/mol. The number of nitriles is 1. The van der Waals surface area contributed by atoms with E-state index in [1.807, 2.05) is 35.2 Å². The topological polar surface area (TPSA) is 67.0 Å². The van der Waals surface area contributed by atoms with Crippen molar-refractivity contribution in [1.29, 1.82) is 5.26 Å². The number of halogens is 2. The highest BCUT2D eigenvalue weighted by atomic mass is 19.2. The molecular formula is C21H17F2N5O. The van der Waals surface area contributed by atoms with Gasteiger partial charge in [-0.1, -0.05) is 24.3 Å². The number of hydrogen-bond donors (Lipinski definition) is 0. The molecule has 0 amide bonds. The first-order chi connectivity index (χ1) is 14.2. The Hall–Kier alpha value is -3.57. The van der Waals surface area contributed by atoms with E-state index >= 15 is 0 Å². The van der Waals surface area contributed by atoms with Crippen molar-refractivity contribution in [3.05, 3.63) is 71.6 Å². The smallest absolute Gasteiger partial charge is 0.232 e. The van der Waals surface area contributed by atoms with Gasteiger partial charge in [-0.05, 0) is 35.9 Å². The first-order valence-electron chi connectivity index (χ1n) is 9.08. The van der Waals surface area contributed by atoms with Gasteiger partial charge in [0.2, 0.25) is 5.95 Å². The summed E-state index contributed by atoms with van der Waals surface area (Å²) in [5.74, 6) is -0.997. The summed E-state index contributed by atoms with van der Waals surface area (Å²) in [6, 6.07) is 15.0. The second-order valence-electron chi connectivity index (χ2n) is 6.44. The lowest BCUT2D eigenvalue weighted by Gasteiger charge is -2.28. The SMILES string of the molecule is N#C/C(=C\c1ccc(F)c(F)c1)c1nnc(N2CCOCC2)n1-c1ccccc1. The molecule has 2 heterocycles. The fraction of sp³-hybridized carbons (Fsp3) is 0.190. The average Bonchev–Trinajstić information content (AvgIpc) is 3.20. The van der Waals surface area contributed by atoms with Gasteiger partial charge < -0.3 is 9.64 Å². The molecule has 146 valence electrons. The van der Waals surface area contributed by atoms with Crippen LogP contribution < -0.4 is 4.90 Å². The van der Waals surface area contributed by atoms with Gasteiger partial charge in [-0.2, -0.15) is 5.26 Å². The van der Waals surface area contributed by atoms with Crippen LogP contribution in [0.15, 0.2) is 48.5 Å². The number of morpholine rings is 1. The van der Waals surface area contributed by atoms with Crippen LogP contribution in [0.2, 0.25) is 0 Å². The Bertz CT molecular complexity index is 1080. The Kier molecular flexibility index (Phi) is 5.31. The maximum atomic E-state index is 13.6. The van der Waals surface area contributed by atoms with E-state index in [0.29, 0.717) is 43.6 Å². The minimum absolute atomic E-state index is 0.187. The zero-order chi connectivity index (χ0) is 20.2. The molecule has 1 aliphatic heterocycles. The molecule has 1 saturated heterocycles. The standard InChI is InChI=1S/C21H17F2N5O/c22-18-7-6-15(13-19(18)23)12-16(14-24)20-25-26-21(27-8-10-29-11-9-27)28(20)17-4-2-1-3-5-17/h1-7,12-13H,8-11H2/b16-12+. The number of ether oxygens (including phenoxy) is 1. The van der Waals surface area contributed by atoms with E-state index < -0.39 is 11.6 Å². The number of rotatable bonds is 4. The fourth-order valence-electron chi connectivity index (χ4n) is 3.15. The predicted molar refractivity (Wildman–Crippen MR) is 104 cm³/mol. The minimum atomic E-state index is -0.977. The van der Waals surface area contributed by atoms with Crippen LogP contribution in [0.25, 0.3) is 17.3 Å². The second-order valence-corrected chi connectivity index (χ2v) is 6.44. The zero-order valence-corrected chi connectivity index (χ0v) is 15.4. The van der Waals surface area contributed by atoms with Crippen molar-refractivity contribution >= 4 is 17.6 Å². The molecule has 8 heteroatoms. The molecule has 0 aliphatic carbocycles. The summed E-state index contributed by atoms with van der Waals surface area (Å²) in [4.78, 5) is 2.04. The molecule has 2 aromatic carbocycles. The van der Waals surface area contributed by atoms with Crippen molar-refractivity contribution in [2.24, 2.45) is 0 Å². The number of aromatic nitrogens is 3. The number of nitrogens with zero attached hydrogens (tertiary/aromatic N) is 5. The van der Waals surface area contributed by atoms with E-state index in [4.69, 9.17) is 4.74 Å². The van der Waals surface area contributed by atoms with Crippen LogP contribution in [0.5, 0.6) is 0 Å². The van der Waals surface area contributed by atoms with Crippen LogP contribution in [0.4, 0.5) is 14.7 Å². The van der Waals surface area contributed by atoms with Gasteiger partial charge in [0.1, 0.15) is 6.07 Å². The van der Waals surface area contributed by atoms with Gasteiger partial charge >= 0.3 is 0 Å². The molecule has 3 aromatic rings. The van der Waals surface area contributed by atoms with Crippen molar-refractivity contribution in [1.82, 2.24) is 14.8 Å². The van der Waals surface area contributed by atoms with E-state index in [-0.39, 0.29) is 5.57 Å². The van der Waals surface area contributed by atoms with Gasteiger partial charge in [0.15, 0.2) is 17.5 Å². The van der Waals surface area contributed by atoms with Crippen molar-refractivity contribution in [2.45, 2.75) is 0 Å². The van der Waals surface area contributed by atoms with Gasteiger partial charge in [0.25, 0.3) is 0 Å². The molecule has 1 aromatic heterocycles. The Morgan fingerprint density at radius 1 is 1.03 bits per heavy atom. The summed E-state index contributed by atoms with van der Waals surface area (Å²) in [7, 11) is 0. The lowest BCUT2D eigenvalue weighted by atomic mass is 10.1. The van der Waals surface area contributed by atoms with Crippen LogP contribution in [-0.4, -0.2) is 41.1 Å². The molecule has 0 spiro atoms. The molecule has 0 unspecified atom stereocenters. The quantitative estimate of drug-likeness (QED) is 0.635. The molecule has 29 heavy (non-hydrogen) atoms.